The monoisotopic (exact) mass is 348 g/mol. The summed E-state index contributed by atoms with van der Waals surface area (Å²) in [5.74, 6) is -0.705. The van der Waals surface area contributed by atoms with Crippen LogP contribution in [0.1, 0.15) is 52.2 Å². The second-order valence-electron chi connectivity index (χ2n) is 6.45. The highest BCUT2D eigenvalue weighted by molar-refractivity contribution is 5.96. The average Bonchev–Trinajstić information content (AvgIpc) is 2.54. The molecule has 4 nitrogen and oxygen atoms in total. The standard InChI is InChI=1S/C20H25FO4/c1-7-13(18(21)19(22)24-8-2)15-9-14-12(3)11-20(4,5)25-17(14)10-16(15)23-6/h9-11H,7-8H2,1-6H3. The molecular formula is C20H25FO4. The Hall–Kier alpha value is -2.30. The number of ether oxygens (including phenoxy) is 3. The highest BCUT2D eigenvalue weighted by Gasteiger charge is 2.28. The Bertz CT molecular complexity index is 744. The Morgan fingerprint density at radius 2 is 1.96 bits per heavy atom. The van der Waals surface area contributed by atoms with Crippen molar-refractivity contribution in [1.82, 2.24) is 0 Å². The Labute approximate surface area is 148 Å². The predicted octanol–water partition coefficient (Wildman–Crippen LogP) is 4.92. The summed E-state index contributed by atoms with van der Waals surface area (Å²) >= 11 is 0. The van der Waals surface area contributed by atoms with E-state index in [-0.39, 0.29) is 12.2 Å². The fourth-order valence-corrected chi connectivity index (χ4v) is 3.05. The Kier molecular flexibility index (Phi) is 5.55. The average molecular weight is 348 g/mol. The van der Waals surface area contributed by atoms with Gasteiger partial charge in [0, 0.05) is 22.8 Å². The lowest BCUT2D eigenvalue weighted by Crippen LogP contribution is -2.28. The van der Waals surface area contributed by atoms with Gasteiger partial charge in [-0.15, -0.1) is 0 Å². The summed E-state index contributed by atoms with van der Waals surface area (Å²) in [6.45, 7) is 9.47. The van der Waals surface area contributed by atoms with Crippen molar-refractivity contribution in [2.24, 2.45) is 0 Å². The Balaban J connectivity index is 2.64. The number of hydrogen-bond acceptors (Lipinski definition) is 4. The maximum atomic E-state index is 14.6. The van der Waals surface area contributed by atoms with Gasteiger partial charge >= 0.3 is 5.97 Å². The molecule has 0 radical (unpaired) electrons. The van der Waals surface area contributed by atoms with Gasteiger partial charge in [0.25, 0.3) is 0 Å². The zero-order chi connectivity index (χ0) is 18.8. The molecule has 25 heavy (non-hydrogen) atoms. The fraction of sp³-hybridized carbons (Fsp3) is 0.450. The van der Waals surface area contributed by atoms with Gasteiger partial charge < -0.3 is 14.2 Å². The quantitative estimate of drug-likeness (QED) is 0.559. The molecule has 0 saturated heterocycles. The van der Waals surface area contributed by atoms with E-state index in [4.69, 9.17) is 14.2 Å². The summed E-state index contributed by atoms with van der Waals surface area (Å²) in [6.07, 6.45) is 2.34. The number of esters is 1. The van der Waals surface area contributed by atoms with Crippen LogP contribution in [-0.4, -0.2) is 25.3 Å². The van der Waals surface area contributed by atoms with Gasteiger partial charge in [-0.25, -0.2) is 4.79 Å². The van der Waals surface area contributed by atoms with Gasteiger partial charge in [0.05, 0.1) is 13.7 Å². The van der Waals surface area contributed by atoms with Crippen molar-refractivity contribution < 1.29 is 23.4 Å². The lowest BCUT2D eigenvalue weighted by molar-refractivity contribution is -0.140. The van der Waals surface area contributed by atoms with Gasteiger partial charge in [0.1, 0.15) is 17.1 Å². The number of carbonyl (C=O) groups is 1. The molecule has 136 valence electrons. The number of halogens is 1. The van der Waals surface area contributed by atoms with E-state index in [1.807, 2.05) is 32.9 Å². The highest BCUT2D eigenvalue weighted by Crippen LogP contribution is 2.43. The summed E-state index contributed by atoms with van der Waals surface area (Å²) < 4.78 is 30.8. The molecule has 0 amide bonds. The van der Waals surface area contributed by atoms with Gasteiger partial charge in [0.2, 0.25) is 5.83 Å². The van der Waals surface area contributed by atoms with Crippen molar-refractivity contribution in [3.63, 3.8) is 0 Å². The second-order valence-corrected chi connectivity index (χ2v) is 6.45. The van der Waals surface area contributed by atoms with Crippen LogP contribution in [0.25, 0.3) is 11.1 Å². The number of methoxy groups -OCH3 is 1. The predicted molar refractivity (Wildman–Crippen MR) is 96.3 cm³/mol. The summed E-state index contributed by atoms with van der Waals surface area (Å²) in [4.78, 5) is 11.8. The maximum Gasteiger partial charge on any atom is 0.367 e. The summed E-state index contributed by atoms with van der Waals surface area (Å²) in [7, 11) is 1.51. The minimum atomic E-state index is -0.955. The van der Waals surface area contributed by atoms with Crippen LogP contribution in [0.15, 0.2) is 24.0 Å². The lowest BCUT2D eigenvalue weighted by atomic mass is 9.91. The van der Waals surface area contributed by atoms with Crippen molar-refractivity contribution in [3.05, 3.63) is 35.2 Å². The molecule has 1 heterocycles. The first-order valence-corrected chi connectivity index (χ1v) is 8.41. The van der Waals surface area contributed by atoms with Crippen LogP contribution in [0.4, 0.5) is 4.39 Å². The third-order valence-electron chi connectivity index (χ3n) is 4.06. The zero-order valence-electron chi connectivity index (χ0n) is 15.7. The SMILES string of the molecule is CCOC(=O)C(F)=C(CC)c1cc2c(cc1OC)OC(C)(C)C=C2C. The van der Waals surface area contributed by atoms with Crippen LogP contribution >= 0.6 is 0 Å². The number of allylic oxidation sites excluding steroid dienone is 2. The van der Waals surface area contributed by atoms with Gasteiger partial charge in [-0.1, -0.05) is 6.92 Å². The van der Waals surface area contributed by atoms with E-state index in [0.717, 1.165) is 11.1 Å². The van der Waals surface area contributed by atoms with Crippen LogP contribution in [-0.2, 0) is 9.53 Å². The molecule has 0 saturated carbocycles. The van der Waals surface area contributed by atoms with Crippen LogP contribution in [0, 0.1) is 0 Å². The first-order chi connectivity index (χ1) is 11.7. The number of carbonyl (C=O) groups excluding carboxylic acids is 1. The number of fused-ring (bicyclic) bond motifs is 1. The molecule has 1 aliphatic rings. The van der Waals surface area contributed by atoms with Gasteiger partial charge in [0.15, 0.2) is 0 Å². The molecule has 1 aromatic rings. The second kappa shape index (κ2) is 7.30. The molecule has 0 aliphatic carbocycles. The molecule has 0 atom stereocenters. The molecule has 1 aromatic carbocycles. The molecule has 1 aliphatic heterocycles. The minimum Gasteiger partial charge on any atom is -0.496 e. The maximum absolute atomic E-state index is 14.6. The van der Waals surface area contributed by atoms with E-state index in [9.17, 15) is 9.18 Å². The first kappa shape index (κ1) is 19.0. The molecule has 5 heteroatoms. The fourth-order valence-electron chi connectivity index (χ4n) is 3.05. The lowest BCUT2D eigenvalue weighted by Gasteiger charge is -2.31. The molecule has 0 aromatic heterocycles. The smallest absolute Gasteiger partial charge is 0.367 e. The van der Waals surface area contributed by atoms with Crippen molar-refractivity contribution >= 4 is 17.1 Å². The molecular weight excluding hydrogens is 323 g/mol. The summed E-state index contributed by atoms with van der Waals surface area (Å²) in [5.41, 5.74) is 2.25. The largest absolute Gasteiger partial charge is 0.496 e. The minimum absolute atomic E-state index is 0.120. The van der Waals surface area contributed by atoms with E-state index in [1.165, 1.54) is 7.11 Å². The van der Waals surface area contributed by atoms with Crippen LogP contribution < -0.4 is 9.47 Å². The topological polar surface area (TPSA) is 44.8 Å². The highest BCUT2D eigenvalue weighted by atomic mass is 19.1. The van der Waals surface area contributed by atoms with Crippen LogP contribution in [0.2, 0.25) is 0 Å². The molecule has 0 spiro atoms. The molecule has 2 rings (SSSR count). The van der Waals surface area contributed by atoms with Crippen molar-refractivity contribution in [2.75, 3.05) is 13.7 Å². The van der Waals surface area contributed by atoms with E-state index < -0.39 is 17.4 Å². The molecule has 0 N–H and O–H groups in total. The van der Waals surface area contributed by atoms with Gasteiger partial charge in [-0.05, 0) is 51.8 Å². The first-order valence-electron chi connectivity index (χ1n) is 8.41. The van der Waals surface area contributed by atoms with E-state index >= 15 is 0 Å². The molecule has 0 unspecified atom stereocenters. The normalized spacial score (nSPS) is 16.2. The Morgan fingerprint density at radius 3 is 2.52 bits per heavy atom. The Morgan fingerprint density at radius 1 is 1.28 bits per heavy atom. The van der Waals surface area contributed by atoms with Crippen molar-refractivity contribution in [2.45, 2.75) is 46.6 Å². The molecule has 0 bridgehead atoms. The molecule has 0 fully saturated rings. The van der Waals surface area contributed by atoms with E-state index in [1.54, 1.807) is 19.9 Å². The third-order valence-corrected chi connectivity index (χ3v) is 4.06. The summed E-state index contributed by atoms with van der Waals surface area (Å²) in [5, 5.41) is 0. The van der Waals surface area contributed by atoms with Crippen LogP contribution in [0.3, 0.4) is 0 Å². The van der Waals surface area contributed by atoms with Crippen molar-refractivity contribution in [3.8, 4) is 11.5 Å². The van der Waals surface area contributed by atoms with E-state index in [0.29, 0.717) is 23.5 Å². The van der Waals surface area contributed by atoms with Gasteiger partial charge in [-0.3, -0.25) is 0 Å². The summed E-state index contributed by atoms with van der Waals surface area (Å²) in [6, 6.07) is 3.56. The van der Waals surface area contributed by atoms with Crippen LogP contribution in [0.5, 0.6) is 11.5 Å². The number of hydrogen-bond donors (Lipinski definition) is 0. The zero-order valence-corrected chi connectivity index (χ0v) is 15.7. The van der Waals surface area contributed by atoms with E-state index in [2.05, 4.69) is 0 Å². The number of benzene rings is 1. The third kappa shape index (κ3) is 3.86. The van der Waals surface area contributed by atoms with Gasteiger partial charge in [-0.2, -0.15) is 4.39 Å². The van der Waals surface area contributed by atoms with Crippen molar-refractivity contribution in [1.29, 1.82) is 0 Å². The number of rotatable bonds is 5.